The summed E-state index contributed by atoms with van der Waals surface area (Å²) in [5.74, 6) is 6.28. The summed E-state index contributed by atoms with van der Waals surface area (Å²) in [7, 11) is 1.64. The predicted octanol–water partition coefficient (Wildman–Crippen LogP) is 2.41. The quantitative estimate of drug-likeness (QED) is 0.496. The van der Waals surface area contributed by atoms with Crippen LogP contribution in [0.4, 0.5) is 0 Å². The summed E-state index contributed by atoms with van der Waals surface area (Å²) in [6.45, 7) is 0. The molecule has 2 rings (SSSR count). The van der Waals surface area contributed by atoms with Gasteiger partial charge in [0.25, 0.3) is 0 Å². The molecule has 3 nitrogen and oxygen atoms in total. The number of rotatable bonds is 3. The van der Waals surface area contributed by atoms with Gasteiger partial charge in [-0.2, -0.15) is 5.10 Å². The summed E-state index contributed by atoms with van der Waals surface area (Å²) in [6, 6.07) is 17.5. The van der Waals surface area contributed by atoms with Crippen LogP contribution in [-0.4, -0.2) is 12.8 Å². The highest BCUT2D eigenvalue weighted by atomic mass is 16.5. The number of benzene rings is 2. The molecule has 0 atom stereocenters. The van der Waals surface area contributed by atoms with E-state index in [4.69, 9.17) is 10.6 Å². The van der Waals surface area contributed by atoms with Crippen molar-refractivity contribution >= 4 is 5.71 Å². The molecule has 0 heterocycles. The van der Waals surface area contributed by atoms with E-state index in [9.17, 15) is 0 Å². The fraction of sp³-hybridized carbons (Fsp3) is 0.0714. The van der Waals surface area contributed by atoms with Gasteiger partial charge < -0.3 is 10.6 Å². The third-order valence-electron chi connectivity index (χ3n) is 2.54. The molecule has 0 aromatic heterocycles. The van der Waals surface area contributed by atoms with E-state index in [1.54, 1.807) is 7.11 Å². The van der Waals surface area contributed by atoms with Crippen molar-refractivity contribution in [3.63, 3.8) is 0 Å². The van der Waals surface area contributed by atoms with Gasteiger partial charge in [-0.15, -0.1) is 0 Å². The van der Waals surface area contributed by atoms with Gasteiger partial charge in [-0.3, -0.25) is 0 Å². The van der Waals surface area contributed by atoms with Gasteiger partial charge in [-0.05, 0) is 24.3 Å². The first kappa shape index (κ1) is 11.2. The first-order valence-electron chi connectivity index (χ1n) is 5.33. The van der Waals surface area contributed by atoms with E-state index in [-0.39, 0.29) is 0 Å². The molecule has 0 fully saturated rings. The standard InChI is InChI=1S/C14H14N2O/c1-17-13-9-7-12(8-10-13)14(16-15)11-5-3-2-4-6-11/h2-10H,15H2,1H3/b16-14+. The number of methoxy groups -OCH3 is 1. The highest BCUT2D eigenvalue weighted by Gasteiger charge is 2.06. The van der Waals surface area contributed by atoms with E-state index >= 15 is 0 Å². The molecule has 0 radical (unpaired) electrons. The minimum Gasteiger partial charge on any atom is -0.497 e. The summed E-state index contributed by atoms with van der Waals surface area (Å²) < 4.78 is 5.12. The minimum absolute atomic E-state index is 0.772. The lowest BCUT2D eigenvalue weighted by molar-refractivity contribution is 0.415. The maximum absolute atomic E-state index is 5.46. The third kappa shape index (κ3) is 2.45. The van der Waals surface area contributed by atoms with Crippen molar-refractivity contribution in [2.24, 2.45) is 10.9 Å². The molecule has 2 aromatic rings. The minimum atomic E-state index is 0.772. The Balaban J connectivity index is 2.37. The van der Waals surface area contributed by atoms with Gasteiger partial charge in [0.1, 0.15) is 5.75 Å². The molecule has 0 saturated carbocycles. The Morgan fingerprint density at radius 1 is 0.941 bits per heavy atom. The first-order valence-corrected chi connectivity index (χ1v) is 5.33. The molecule has 17 heavy (non-hydrogen) atoms. The molecular weight excluding hydrogens is 212 g/mol. The van der Waals surface area contributed by atoms with E-state index in [1.807, 2.05) is 54.6 Å². The number of nitrogens with two attached hydrogens (primary N) is 1. The average Bonchev–Trinajstić information content (AvgIpc) is 2.42. The number of ether oxygens (including phenoxy) is 1. The maximum atomic E-state index is 5.46. The van der Waals surface area contributed by atoms with E-state index in [0.717, 1.165) is 22.6 Å². The van der Waals surface area contributed by atoms with E-state index < -0.39 is 0 Å². The molecule has 86 valence electrons. The van der Waals surface area contributed by atoms with Crippen LogP contribution < -0.4 is 10.6 Å². The van der Waals surface area contributed by atoms with Crippen molar-refractivity contribution in [3.05, 3.63) is 65.7 Å². The smallest absolute Gasteiger partial charge is 0.118 e. The maximum Gasteiger partial charge on any atom is 0.118 e. The zero-order valence-electron chi connectivity index (χ0n) is 9.63. The van der Waals surface area contributed by atoms with Crippen LogP contribution in [0.2, 0.25) is 0 Å². The van der Waals surface area contributed by atoms with Crippen LogP contribution in [0.15, 0.2) is 59.7 Å². The Hall–Kier alpha value is -2.29. The lowest BCUT2D eigenvalue weighted by atomic mass is 10.0. The topological polar surface area (TPSA) is 47.6 Å². The molecule has 2 N–H and O–H groups in total. The summed E-state index contributed by atoms with van der Waals surface area (Å²) >= 11 is 0. The van der Waals surface area contributed by atoms with Crippen molar-refractivity contribution in [1.82, 2.24) is 0 Å². The fourth-order valence-corrected chi connectivity index (χ4v) is 1.66. The van der Waals surface area contributed by atoms with Gasteiger partial charge in [0.15, 0.2) is 0 Å². The molecule has 0 spiro atoms. The van der Waals surface area contributed by atoms with Crippen LogP contribution in [0.1, 0.15) is 11.1 Å². The molecule has 0 amide bonds. The Morgan fingerprint density at radius 2 is 1.53 bits per heavy atom. The summed E-state index contributed by atoms with van der Waals surface area (Å²) in [5, 5.41) is 3.86. The molecule has 0 aliphatic carbocycles. The van der Waals surface area contributed by atoms with Crippen LogP contribution in [0.5, 0.6) is 5.75 Å². The van der Waals surface area contributed by atoms with Crippen LogP contribution >= 0.6 is 0 Å². The highest BCUT2D eigenvalue weighted by molar-refractivity contribution is 6.12. The molecule has 0 bridgehead atoms. The number of nitrogens with zero attached hydrogens (tertiary/aromatic N) is 1. The van der Waals surface area contributed by atoms with Crippen LogP contribution in [0.3, 0.4) is 0 Å². The summed E-state index contributed by atoms with van der Waals surface area (Å²) in [5.41, 5.74) is 2.74. The molecular formula is C14H14N2O. The average molecular weight is 226 g/mol. The number of hydrazone groups is 1. The van der Waals surface area contributed by atoms with E-state index in [2.05, 4.69) is 5.10 Å². The van der Waals surface area contributed by atoms with Gasteiger partial charge in [0.2, 0.25) is 0 Å². The Kier molecular flexibility index (Phi) is 3.40. The molecule has 0 saturated heterocycles. The summed E-state index contributed by atoms with van der Waals surface area (Å²) in [4.78, 5) is 0. The second-order valence-electron chi connectivity index (χ2n) is 3.57. The van der Waals surface area contributed by atoms with Crippen molar-refractivity contribution in [2.45, 2.75) is 0 Å². The zero-order chi connectivity index (χ0) is 12.1. The van der Waals surface area contributed by atoms with Crippen LogP contribution in [0, 0.1) is 0 Å². The van der Waals surface area contributed by atoms with Crippen molar-refractivity contribution in [1.29, 1.82) is 0 Å². The van der Waals surface area contributed by atoms with Gasteiger partial charge in [0, 0.05) is 11.1 Å². The summed E-state index contributed by atoms with van der Waals surface area (Å²) in [6.07, 6.45) is 0. The first-order chi connectivity index (χ1) is 8.35. The largest absolute Gasteiger partial charge is 0.497 e. The lowest BCUT2D eigenvalue weighted by Gasteiger charge is -2.06. The number of hydrogen-bond donors (Lipinski definition) is 1. The number of hydrogen-bond acceptors (Lipinski definition) is 3. The highest BCUT2D eigenvalue weighted by Crippen LogP contribution is 2.15. The Bertz CT molecular complexity index is 504. The second-order valence-corrected chi connectivity index (χ2v) is 3.57. The molecule has 2 aromatic carbocycles. The van der Waals surface area contributed by atoms with Gasteiger partial charge >= 0.3 is 0 Å². The monoisotopic (exact) mass is 226 g/mol. The Morgan fingerprint density at radius 3 is 2.06 bits per heavy atom. The van der Waals surface area contributed by atoms with Crippen LogP contribution in [0.25, 0.3) is 0 Å². The normalized spacial score (nSPS) is 11.2. The van der Waals surface area contributed by atoms with Gasteiger partial charge in [-0.25, -0.2) is 0 Å². The molecule has 0 aliphatic rings. The Labute approximate surface area is 101 Å². The fourth-order valence-electron chi connectivity index (χ4n) is 1.66. The van der Waals surface area contributed by atoms with Crippen molar-refractivity contribution < 1.29 is 4.74 Å². The predicted molar refractivity (Wildman–Crippen MR) is 69.3 cm³/mol. The second kappa shape index (κ2) is 5.16. The van der Waals surface area contributed by atoms with Gasteiger partial charge in [-0.1, -0.05) is 30.3 Å². The molecule has 0 unspecified atom stereocenters. The van der Waals surface area contributed by atoms with Crippen LogP contribution in [-0.2, 0) is 0 Å². The lowest BCUT2D eigenvalue weighted by Crippen LogP contribution is -2.06. The van der Waals surface area contributed by atoms with E-state index in [1.165, 1.54) is 0 Å². The molecule has 0 aliphatic heterocycles. The van der Waals surface area contributed by atoms with Gasteiger partial charge in [0.05, 0.1) is 12.8 Å². The zero-order valence-corrected chi connectivity index (χ0v) is 9.63. The van der Waals surface area contributed by atoms with Crippen molar-refractivity contribution in [2.75, 3.05) is 7.11 Å². The molecule has 3 heteroatoms. The third-order valence-corrected chi connectivity index (χ3v) is 2.54. The SMILES string of the molecule is COc1ccc(/C(=N/N)c2ccccc2)cc1. The van der Waals surface area contributed by atoms with E-state index in [0.29, 0.717) is 0 Å². The van der Waals surface area contributed by atoms with Crippen molar-refractivity contribution in [3.8, 4) is 5.75 Å².